The maximum absolute atomic E-state index is 11.7. The molecule has 2 rings (SSSR count). The van der Waals surface area contributed by atoms with Crippen molar-refractivity contribution in [2.45, 2.75) is 38.3 Å². The molecule has 1 aliphatic rings. The van der Waals surface area contributed by atoms with Crippen molar-refractivity contribution in [2.75, 3.05) is 13.7 Å². The zero-order valence-corrected chi connectivity index (χ0v) is 12.9. The van der Waals surface area contributed by atoms with Crippen molar-refractivity contribution in [3.05, 3.63) is 17.5 Å². The molecule has 1 aliphatic heterocycles. The quantitative estimate of drug-likeness (QED) is 0.764. The van der Waals surface area contributed by atoms with E-state index in [0.29, 0.717) is 24.4 Å². The van der Waals surface area contributed by atoms with Crippen LogP contribution in [-0.4, -0.2) is 52.8 Å². The number of carbonyl (C=O) groups excluding carboxylic acids is 2. The number of carboxylic acid groups (broad SMARTS) is 1. The van der Waals surface area contributed by atoms with Crippen molar-refractivity contribution < 1.29 is 28.8 Å². The van der Waals surface area contributed by atoms with Gasteiger partial charge in [0.2, 0.25) is 5.91 Å². The number of esters is 1. The number of nitrogens with one attached hydrogen (secondary N) is 1. The van der Waals surface area contributed by atoms with Crippen LogP contribution >= 0.6 is 0 Å². The molecule has 9 heteroatoms. The van der Waals surface area contributed by atoms with Gasteiger partial charge < -0.3 is 19.7 Å². The van der Waals surface area contributed by atoms with E-state index in [0.717, 1.165) is 6.42 Å². The Kier molecular flexibility index (Phi) is 5.20. The highest BCUT2D eigenvalue weighted by Gasteiger charge is 2.32. The lowest BCUT2D eigenvalue weighted by Crippen LogP contribution is -2.41. The molecule has 1 aromatic rings. The van der Waals surface area contributed by atoms with Gasteiger partial charge in [0.1, 0.15) is 17.5 Å². The Morgan fingerprint density at radius 1 is 1.57 bits per heavy atom. The Morgan fingerprint density at radius 2 is 2.30 bits per heavy atom. The van der Waals surface area contributed by atoms with Gasteiger partial charge in [0.25, 0.3) is 0 Å². The van der Waals surface area contributed by atoms with Gasteiger partial charge in [-0.25, -0.2) is 9.59 Å². The Balaban J connectivity index is 2.10. The largest absolute Gasteiger partial charge is 0.467 e. The number of ether oxygens (including phenoxy) is 1. The van der Waals surface area contributed by atoms with E-state index < -0.39 is 18.1 Å². The van der Waals surface area contributed by atoms with Gasteiger partial charge in [-0.2, -0.15) is 0 Å². The number of likely N-dealkylation sites (tertiary alicyclic amines) is 1. The SMILES string of the molecule is COC(=O)C(Cc1cc(C2CCCN2C(=O)O)no1)NC(C)=O. The fourth-order valence-corrected chi connectivity index (χ4v) is 2.67. The molecule has 0 aliphatic carbocycles. The summed E-state index contributed by atoms with van der Waals surface area (Å²) in [6, 6.07) is 0.392. The van der Waals surface area contributed by atoms with Crippen molar-refractivity contribution in [3.8, 4) is 0 Å². The molecule has 23 heavy (non-hydrogen) atoms. The Bertz CT molecular complexity index is 599. The highest BCUT2D eigenvalue weighted by molar-refractivity contribution is 5.83. The van der Waals surface area contributed by atoms with E-state index in [9.17, 15) is 14.4 Å². The van der Waals surface area contributed by atoms with Gasteiger partial charge in [0.15, 0.2) is 0 Å². The minimum Gasteiger partial charge on any atom is -0.467 e. The second-order valence-electron chi connectivity index (χ2n) is 5.33. The number of carbonyl (C=O) groups is 3. The van der Waals surface area contributed by atoms with Crippen molar-refractivity contribution >= 4 is 18.0 Å². The maximum atomic E-state index is 11.7. The summed E-state index contributed by atoms with van der Waals surface area (Å²) < 4.78 is 9.82. The zero-order chi connectivity index (χ0) is 17.0. The first-order valence-corrected chi connectivity index (χ1v) is 7.22. The van der Waals surface area contributed by atoms with Crippen LogP contribution in [0.25, 0.3) is 0 Å². The third-order valence-corrected chi connectivity index (χ3v) is 3.69. The maximum Gasteiger partial charge on any atom is 0.407 e. The van der Waals surface area contributed by atoms with E-state index in [2.05, 4.69) is 15.2 Å². The second kappa shape index (κ2) is 7.12. The molecule has 0 saturated carbocycles. The summed E-state index contributed by atoms with van der Waals surface area (Å²) in [5.74, 6) is -0.583. The van der Waals surface area contributed by atoms with Crippen LogP contribution in [0.2, 0.25) is 0 Å². The number of rotatable bonds is 5. The lowest BCUT2D eigenvalue weighted by molar-refractivity contribution is -0.144. The van der Waals surface area contributed by atoms with E-state index in [1.165, 1.54) is 18.9 Å². The second-order valence-corrected chi connectivity index (χ2v) is 5.33. The van der Waals surface area contributed by atoms with Gasteiger partial charge >= 0.3 is 12.1 Å². The number of nitrogens with zero attached hydrogens (tertiary/aromatic N) is 2. The molecular weight excluding hydrogens is 306 g/mol. The Hall–Kier alpha value is -2.58. The first kappa shape index (κ1) is 16.8. The summed E-state index contributed by atoms with van der Waals surface area (Å²) in [6.45, 7) is 1.75. The lowest BCUT2D eigenvalue weighted by Gasteiger charge is -2.18. The topological polar surface area (TPSA) is 122 Å². The van der Waals surface area contributed by atoms with Crippen molar-refractivity contribution in [1.29, 1.82) is 0 Å². The highest BCUT2D eigenvalue weighted by atomic mass is 16.5. The summed E-state index contributed by atoms with van der Waals surface area (Å²) in [6.07, 6.45) is 0.516. The summed E-state index contributed by atoms with van der Waals surface area (Å²) in [5.41, 5.74) is 0.506. The molecule has 1 fully saturated rings. The number of aromatic nitrogens is 1. The minimum atomic E-state index is -0.997. The van der Waals surface area contributed by atoms with Gasteiger partial charge in [-0.1, -0.05) is 5.16 Å². The third-order valence-electron chi connectivity index (χ3n) is 3.69. The zero-order valence-electron chi connectivity index (χ0n) is 12.9. The molecule has 2 amide bonds. The summed E-state index contributed by atoms with van der Waals surface area (Å²) in [4.78, 5) is 35.3. The average molecular weight is 325 g/mol. The minimum absolute atomic E-state index is 0.0824. The van der Waals surface area contributed by atoms with Crippen LogP contribution in [0.15, 0.2) is 10.6 Å². The normalized spacial score (nSPS) is 18.5. The summed E-state index contributed by atoms with van der Waals surface area (Å²) in [7, 11) is 1.23. The van der Waals surface area contributed by atoms with Gasteiger partial charge in [-0.15, -0.1) is 0 Å². The first-order chi connectivity index (χ1) is 10.9. The van der Waals surface area contributed by atoms with Crippen LogP contribution < -0.4 is 5.32 Å². The molecule has 2 N–H and O–H groups in total. The Morgan fingerprint density at radius 3 is 2.91 bits per heavy atom. The molecule has 2 atom stereocenters. The first-order valence-electron chi connectivity index (χ1n) is 7.22. The highest BCUT2D eigenvalue weighted by Crippen LogP contribution is 2.31. The smallest absolute Gasteiger partial charge is 0.407 e. The fourth-order valence-electron chi connectivity index (χ4n) is 2.67. The predicted molar refractivity (Wildman–Crippen MR) is 76.5 cm³/mol. The van der Waals surface area contributed by atoms with E-state index in [-0.39, 0.29) is 18.4 Å². The molecular formula is C14H19N3O6. The number of amides is 2. The molecule has 1 saturated heterocycles. The number of hydrogen-bond donors (Lipinski definition) is 2. The van der Waals surface area contributed by atoms with Crippen LogP contribution in [0.5, 0.6) is 0 Å². The van der Waals surface area contributed by atoms with E-state index >= 15 is 0 Å². The van der Waals surface area contributed by atoms with Gasteiger partial charge in [-0.3, -0.25) is 9.69 Å². The van der Waals surface area contributed by atoms with Crippen LogP contribution in [0.1, 0.15) is 37.3 Å². The number of hydrogen-bond acceptors (Lipinski definition) is 6. The standard InChI is InChI=1S/C14H19N3O6/c1-8(18)15-11(13(19)22-2)7-9-6-10(16-23-9)12-4-3-5-17(12)14(20)21/h6,11-12H,3-5,7H2,1-2H3,(H,15,18)(H,20,21). The van der Waals surface area contributed by atoms with Gasteiger partial charge in [-0.05, 0) is 12.8 Å². The molecule has 0 radical (unpaired) electrons. The summed E-state index contributed by atoms with van der Waals surface area (Å²) in [5, 5.41) is 15.5. The van der Waals surface area contributed by atoms with Crippen LogP contribution in [0.3, 0.4) is 0 Å². The molecule has 2 unspecified atom stereocenters. The van der Waals surface area contributed by atoms with E-state index in [4.69, 9.17) is 9.63 Å². The third kappa shape index (κ3) is 3.99. The van der Waals surface area contributed by atoms with Gasteiger partial charge in [0, 0.05) is 26.0 Å². The molecule has 2 heterocycles. The van der Waals surface area contributed by atoms with Crippen molar-refractivity contribution in [3.63, 3.8) is 0 Å². The lowest BCUT2D eigenvalue weighted by atomic mass is 10.1. The molecule has 0 spiro atoms. The molecule has 9 nitrogen and oxygen atoms in total. The Labute approximate surface area is 132 Å². The molecule has 0 bridgehead atoms. The average Bonchev–Trinajstić information content (AvgIpc) is 3.13. The van der Waals surface area contributed by atoms with E-state index in [1.807, 2.05) is 0 Å². The van der Waals surface area contributed by atoms with Crippen molar-refractivity contribution in [1.82, 2.24) is 15.4 Å². The molecule has 126 valence electrons. The van der Waals surface area contributed by atoms with Crippen LogP contribution in [0, 0.1) is 0 Å². The van der Waals surface area contributed by atoms with Crippen molar-refractivity contribution in [2.24, 2.45) is 0 Å². The summed E-state index contributed by atoms with van der Waals surface area (Å²) >= 11 is 0. The van der Waals surface area contributed by atoms with Gasteiger partial charge in [0.05, 0.1) is 13.2 Å². The number of methoxy groups -OCH3 is 1. The van der Waals surface area contributed by atoms with Crippen LogP contribution in [-0.2, 0) is 20.7 Å². The molecule has 0 aromatic carbocycles. The van der Waals surface area contributed by atoms with Crippen LogP contribution in [0.4, 0.5) is 4.79 Å². The predicted octanol–water partition coefficient (Wildman–Crippen LogP) is 0.710. The van der Waals surface area contributed by atoms with E-state index in [1.54, 1.807) is 6.07 Å². The monoisotopic (exact) mass is 325 g/mol. The fraction of sp³-hybridized carbons (Fsp3) is 0.571. The molecule has 1 aromatic heterocycles.